The minimum atomic E-state index is -4.75. The Morgan fingerprint density at radius 2 is 1.85 bits per heavy atom. The molecule has 1 aromatic carbocycles. The molecule has 2 rings (SSSR count). The van der Waals surface area contributed by atoms with Crippen LogP contribution in [0.2, 0.25) is 0 Å². The molecule has 1 fully saturated rings. The Hall–Kier alpha value is -2.51. The van der Waals surface area contributed by atoms with E-state index in [-0.39, 0.29) is 24.3 Å². The summed E-state index contributed by atoms with van der Waals surface area (Å²) in [6.07, 6.45) is 1.96. The second kappa shape index (κ2) is 9.43. The Morgan fingerprint density at radius 3 is 2.48 bits per heavy atom. The van der Waals surface area contributed by atoms with E-state index in [9.17, 15) is 22.8 Å². The van der Waals surface area contributed by atoms with Gasteiger partial charge in [0.25, 0.3) is 5.91 Å². The van der Waals surface area contributed by atoms with Crippen LogP contribution in [0.15, 0.2) is 30.3 Å². The number of ether oxygens (including phenoxy) is 2. The average molecular weight is 385 g/mol. The van der Waals surface area contributed by atoms with Gasteiger partial charge in [-0.25, -0.2) is 4.79 Å². The molecule has 0 heterocycles. The van der Waals surface area contributed by atoms with Gasteiger partial charge in [0.05, 0.1) is 0 Å². The van der Waals surface area contributed by atoms with E-state index in [0.29, 0.717) is 11.5 Å². The van der Waals surface area contributed by atoms with Crippen LogP contribution in [0, 0.1) is 5.92 Å². The second-order valence-electron chi connectivity index (χ2n) is 6.49. The number of carbonyl (C=O) groups is 2. The maximum atomic E-state index is 12.1. The Balaban J connectivity index is 1.75. The maximum absolute atomic E-state index is 12.1. The molecule has 0 saturated heterocycles. The zero-order valence-corrected chi connectivity index (χ0v) is 14.9. The molecule has 1 aliphatic carbocycles. The zero-order chi connectivity index (χ0) is 19.9. The summed E-state index contributed by atoms with van der Waals surface area (Å²) in [5.41, 5.74) is 0.488. The highest BCUT2D eigenvalue weighted by Gasteiger charge is 2.30. The minimum absolute atomic E-state index is 0.109. The quantitative estimate of drug-likeness (QED) is 0.597. The van der Waals surface area contributed by atoms with Gasteiger partial charge < -0.3 is 14.8 Å². The normalized spacial score (nSPS) is 20.3. The van der Waals surface area contributed by atoms with Crippen molar-refractivity contribution in [1.29, 1.82) is 0 Å². The van der Waals surface area contributed by atoms with Gasteiger partial charge in [0.1, 0.15) is 5.75 Å². The summed E-state index contributed by atoms with van der Waals surface area (Å²) in [4.78, 5) is 23.5. The highest BCUT2D eigenvalue weighted by Crippen LogP contribution is 2.24. The van der Waals surface area contributed by atoms with Crippen molar-refractivity contribution in [2.24, 2.45) is 5.92 Å². The SMILES string of the molecule is C[C@H]1CCCC[C@@H]1NC(=O)COC(=O)/C=C/c1ccc(OC(F)(F)F)cc1. The number of amides is 1. The molecule has 0 unspecified atom stereocenters. The largest absolute Gasteiger partial charge is 0.573 e. The first-order valence-electron chi connectivity index (χ1n) is 8.73. The fourth-order valence-electron chi connectivity index (χ4n) is 2.91. The van der Waals surface area contributed by atoms with Crippen molar-refractivity contribution < 1.29 is 32.2 Å². The summed E-state index contributed by atoms with van der Waals surface area (Å²) in [7, 11) is 0. The summed E-state index contributed by atoms with van der Waals surface area (Å²) >= 11 is 0. The lowest BCUT2D eigenvalue weighted by atomic mass is 9.86. The predicted octanol–water partition coefficient (Wildman–Crippen LogP) is 3.84. The van der Waals surface area contributed by atoms with Crippen molar-refractivity contribution in [1.82, 2.24) is 5.32 Å². The van der Waals surface area contributed by atoms with Crippen molar-refractivity contribution in [2.75, 3.05) is 6.61 Å². The van der Waals surface area contributed by atoms with Gasteiger partial charge >= 0.3 is 12.3 Å². The van der Waals surface area contributed by atoms with Gasteiger partial charge in [0.15, 0.2) is 6.61 Å². The Labute approximate surface area is 155 Å². The lowest BCUT2D eigenvalue weighted by Crippen LogP contribution is -2.42. The average Bonchev–Trinajstić information content (AvgIpc) is 2.60. The van der Waals surface area contributed by atoms with Gasteiger partial charge in [0.2, 0.25) is 0 Å². The molecule has 1 amide bonds. The zero-order valence-electron chi connectivity index (χ0n) is 14.9. The predicted molar refractivity (Wildman–Crippen MR) is 92.7 cm³/mol. The minimum Gasteiger partial charge on any atom is -0.452 e. The molecule has 1 saturated carbocycles. The van der Waals surface area contributed by atoms with Crippen molar-refractivity contribution in [3.8, 4) is 5.75 Å². The summed E-state index contributed by atoms with van der Waals surface area (Å²) in [5, 5.41) is 2.88. The third-order valence-corrected chi connectivity index (χ3v) is 4.33. The first kappa shape index (κ1) is 20.8. The molecule has 148 valence electrons. The van der Waals surface area contributed by atoms with Crippen molar-refractivity contribution in [3.05, 3.63) is 35.9 Å². The van der Waals surface area contributed by atoms with Crippen LogP contribution >= 0.6 is 0 Å². The van der Waals surface area contributed by atoms with Crippen LogP contribution in [-0.4, -0.2) is 30.9 Å². The number of carbonyl (C=O) groups excluding carboxylic acids is 2. The summed E-state index contributed by atoms with van der Waals surface area (Å²) in [5.74, 6) is -1.000. The van der Waals surface area contributed by atoms with Crippen molar-refractivity contribution >= 4 is 18.0 Å². The highest BCUT2D eigenvalue weighted by atomic mass is 19.4. The van der Waals surface area contributed by atoms with Crippen LogP contribution in [-0.2, 0) is 14.3 Å². The van der Waals surface area contributed by atoms with E-state index in [4.69, 9.17) is 4.74 Å². The second-order valence-corrected chi connectivity index (χ2v) is 6.49. The number of hydrogen-bond acceptors (Lipinski definition) is 4. The molecule has 27 heavy (non-hydrogen) atoms. The van der Waals surface area contributed by atoms with Crippen LogP contribution in [0.1, 0.15) is 38.2 Å². The Kier molecular flexibility index (Phi) is 7.27. The summed E-state index contributed by atoms with van der Waals surface area (Å²) < 4.78 is 44.9. The molecule has 5 nitrogen and oxygen atoms in total. The number of benzene rings is 1. The van der Waals surface area contributed by atoms with E-state index in [1.807, 2.05) is 0 Å². The van der Waals surface area contributed by atoms with Crippen LogP contribution in [0.4, 0.5) is 13.2 Å². The van der Waals surface area contributed by atoms with E-state index < -0.39 is 12.3 Å². The molecule has 1 aromatic rings. The summed E-state index contributed by atoms with van der Waals surface area (Å²) in [6, 6.07) is 5.11. The van der Waals surface area contributed by atoms with Crippen LogP contribution in [0.3, 0.4) is 0 Å². The van der Waals surface area contributed by atoms with Crippen LogP contribution in [0.25, 0.3) is 6.08 Å². The van der Waals surface area contributed by atoms with Crippen molar-refractivity contribution in [3.63, 3.8) is 0 Å². The first-order chi connectivity index (χ1) is 12.7. The molecule has 0 aromatic heterocycles. The molecule has 2 atom stereocenters. The third-order valence-electron chi connectivity index (χ3n) is 4.33. The van der Waals surface area contributed by atoms with Gasteiger partial charge in [-0.3, -0.25) is 4.79 Å². The van der Waals surface area contributed by atoms with Crippen LogP contribution < -0.4 is 10.1 Å². The van der Waals surface area contributed by atoms with Gasteiger partial charge in [-0.15, -0.1) is 13.2 Å². The van der Waals surface area contributed by atoms with Gasteiger partial charge in [0, 0.05) is 12.1 Å². The Morgan fingerprint density at radius 1 is 1.19 bits per heavy atom. The molecule has 1 aliphatic rings. The molecule has 0 aliphatic heterocycles. The molecular formula is C19H22F3NO4. The fraction of sp³-hybridized carbons (Fsp3) is 0.474. The van der Waals surface area contributed by atoms with E-state index in [1.165, 1.54) is 18.2 Å². The lowest BCUT2D eigenvalue weighted by molar-refractivity contribution is -0.274. The summed E-state index contributed by atoms with van der Waals surface area (Å²) in [6.45, 7) is 1.72. The van der Waals surface area contributed by atoms with Crippen molar-refractivity contribution in [2.45, 2.75) is 45.0 Å². The smallest absolute Gasteiger partial charge is 0.452 e. The molecule has 0 radical (unpaired) electrons. The first-order valence-corrected chi connectivity index (χ1v) is 8.73. The monoisotopic (exact) mass is 385 g/mol. The van der Waals surface area contributed by atoms with E-state index >= 15 is 0 Å². The van der Waals surface area contributed by atoms with Gasteiger partial charge in [-0.2, -0.15) is 0 Å². The van der Waals surface area contributed by atoms with E-state index in [2.05, 4.69) is 17.0 Å². The number of esters is 1. The number of halogens is 3. The van der Waals surface area contributed by atoms with Gasteiger partial charge in [-0.05, 0) is 42.5 Å². The maximum Gasteiger partial charge on any atom is 0.573 e. The van der Waals surface area contributed by atoms with Crippen LogP contribution in [0.5, 0.6) is 5.75 Å². The number of hydrogen-bond donors (Lipinski definition) is 1. The lowest BCUT2D eigenvalue weighted by Gasteiger charge is -2.29. The molecule has 8 heteroatoms. The standard InChI is InChI=1S/C19H22F3NO4/c1-13-4-2-3-5-16(13)23-17(24)12-26-18(25)11-8-14-6-9-15(10-7-14)27-19(20,21)22/h6-11,13,16H,2-5,12H2,1H3,(H,23,24)/b11-8+/t13-,16-/m0/s1. The molecule has 0 bridgehead atoms. The van der Waals surface area contributed by atoms with Gasteiger partial charge in [-0.1, -0.05) is 31.9 Å². The number of rotatable bonds is 6. The third kappa shape index (κ3) is 7.72. The van der Waals surface area contributed by atoms with E-state index in [0.717, 1.165) is 43.9 Å². The fourth-order valence-corrected chi connectivity index (χ4v) is 2.91. The topological polar surface area (TPSA) is 64.6 Å². The van der Waals surface area contributed by atoms with E-state index in [1.54, 1.807) is 0 Å². The highest BCUT2D eigenvalue weighted by molar-refractivity contribution is 5.89. The molecular weight excluding hydrogens is 363 g/mol. The molecule has 0 spiro atoms. The number of nitrogens with one attached hydrogen (secondary N) is 1. The molecule has 1 N–H and O–H groups in total. The Bertz CT molecular complexity index is 671. The number of alkyl halides is 3.